The number of nitrogens with zero attached hydrogens (tertiary/aromatic N) is 1. The van der Waals surface area contributed by atoms with Crippen molar-refractivity contribution in [2.75, 3.05) is 13.7 Å². The van der Waals surface area contributed by atoms with E-state index in [1.54, 1.807) is 19.2 Å². The van der Waals surface area contributed by atoms with E-state index in [1.165, 1.54) is 12.8 Å². The van der Waals surface area contributed by atoms with Gasteiger partial charge in [-0.25, -0.2) is 4.79 Å². The first-order valence-electron chi connectivity index (χ1n) is 9.66. The van der Waals surface area contributed by atoms with E-state index in [9.17, 15) is 9.90 Å². The van der Waals surface area contributed by atoms with Crippen LogP contribution < -0.4 is 9.47 Å². The number of methoxy groups -OCH3 is 1. The lowest BCUT2D eigenvalue weighted by Gasteiger charge is -2.15. The maximum atomic E-state index is 11.7. The predicted octanol–water partition coefficient (Wildman–Crippen LogP) is 4.98. The highest BCUT2D eigenvalue weighted by Crippen LogP contribution is 2.34. The van der Waals surface area contributed by atoms with Crippen molar-refractivity contribution in [2.24, 2.45) is 5.92 Å². The summed E-state index contributed by atoms with van der Waals surface area (Å²) in [5, 5.41) is 9.56. The fourth-order valence-electron chi connectivity index (χ4n) is 3.66. The van der Waals surface area contributed by atoms with Gasteiger partial charge in [-0.05, 0) is 43.0 Å². The number of ether oxygens (including phenoxy) is 2. The molecule has 1 aliphatic rings. The summed E-state index contributed by atoms with van der Waals surface area (Å²) in [6, 6.07) is 9.09. The highest BCUT2D eigenvalue weighted by Gasteiger charge is 2.21. The van der Waals surface area contributed by atoms with Gasteiger partial charge < -0.3 is 14.6 Å². The summed E-state index contributed by atoms with van der Waals surface area (Å²) in [6.45, 7) is 2.65. The molecule has 0 unspecified atom stereocenters. The molecule has 27 heavy (non-hydrogen) atoms. The Bertz CT molecular complexity index is 797. The van der Waals surface area contributed by atoms with Gasteiger partial charge in [-0.3, -0.25) is 4.98 Å². The van der Waals surface area contributed by atoms with Gasteiger partial charge in [0.1, 0.15) is 11.5 Å². The summed E-state index contributed by atoms with van der Waals surface area (Å²) in [4.78, 5) is 16.4. The SMILES string of the molecule is CCCOc1cc(OC)ccc1-c1ccc(C(=O)O)c(CC2CCCC2)n1. The van der Waals surface area contributed by atoms with Crippen LogP contribution in [0.3, 0.4) is 0 Å². The largest absolute Gasteiger partial charge is 0.497 e. The minimum absolute atomic E-state index is 0.301. The molecule has 2 aromatic rings. The first-order valence-corrected chi connectivity index (χ1v) is 9.66. The van der Waals surface area contributed by atoms with Crippen LogP contribution in [0.2, 0.25) is 0 Å². The molecule has 1 aliphatic carbocycles. The fourth-order valence-corrected chi connectivity index (χ4v) is 3.66. The van der Waals surface area contributed by atoms with Gasteiger partial charge >= 0.3 is 5.97 Å². The Balaban J connectivity index is 1.99. The molecule has 0 saturated heterocycles. The van der Waals surface area contributed by atoms with Crippen molar-refractivity contribution in [1.29, 1.82) is 0 Å². The third-order valence-corrected chi connectivity index (χ3v) is 5.09. The van der Waals surface area contributed by atoms with Gasteiger partial charge in [0.25, 0.3) is 0 Å². The number of aromatic carboxylic acids is 1. The molecule has 0 spiro atoms. The average molecular weight is 369 g/mol. The molecule has 5 heteroatoms. The number of carboxylic acid groups (broad SMARTS) is 1. The van der Waals surface area contributed by atoms with Crippen molar-refractivity contribution in [3.63, 3.8) is 0 Å². The maximum Gasteiger partial charge on any atom is 0.337 e. The number of carboxylic acids is 1. The third-order valence-electron chi connectivity index (χ3n) is 5.09. The minimum Gasteiger partial charge on any atom is -0.497 e. The Morgan fingerprint density at radius 1 is 1.22 bits per heavy atom. The summed E-state index contributed by atoms with van der Waals surface area (Å²) in [5.74, 6) is 1.04. The second-order valence-corrected chi connectivity index (χ2v) is 7.06. The van der Waals surface area contributed by atoms with Crippen LogP contribution in [-0.4, -0.2) is 29.8 Å². The van der Waals surface area contributed by atoms with Gasteiger partial charge in [0, 0.05) is 11.6 Å². The highest BCUT2D eigenvalue weighted by molar-refractivity contribution is 5.89. The number of hydrogen-bond donors (Lipinski definition) is 1. The van der Waals surface area contributed by atoms with Gasteiger partial charge in [0.15, 0.2) is 0 Å². The molecular weight excluding hydrogens is 342 g/mol. The quantitative estimate of drug-likeness (QED) is 0.711. The summed E-state index contributed by atoms with van der Waals surface area (Å²) in [6.07, 6.45) is 6.36. The molecule has 3 rings (SSSR count). The van der Waals surface area contributed by atoms with Gasteiger partial charge in [-0.2, -0.15) is 0 Å². The minimum atomic E-state index is -0.917. The Hall–Kier alpha value is -2.56. The lowest BCUT2D eigenvalue weighted by atomic mass is 9.97. The molecular formula is C22H27NO4. The first-order chi connectivity index (χ1) is 13.1. The van der Waals surface area contributed by atoms with Crippen molar-refractivity contribution in [2.45, 2.75) is 45.4 Å². The topological polar surface area (TPSA) is 68.7 Å². The number of hydrogen-bond acceptors (Lipinski definition) is 4. The van der Waals surface area contributed by atoms with Gasteiger partial charge in [-0.1, -0.05) is 32.6 Å². The zero-order valence-electron chi connectivity index (χ0n) is 16.0. The molecule has 0 radical (unpaired) electrons. The van der Waals surface area contributed by atoms with E-state index in [0.717, 1.165) is 42.7 Å². The molecule has 1 aromatic carbocycles. The normalized spacial score (nSPS) is 14.3. The number of aromatic nitrogens is 1. The Morgan fingerprint density at radius 2 is 2.00 bits per heavy atom. The lowest BCUT2D eigenvalue weighted by Crippen LogP contribution is -2.10. The van der Waals surface area contributed by atoms with Crippen LogP contribution in [0.4, 0.5) is 0 Å². The molecule has 1 saturated carbocycles. The molecule has 0 amide bonds. The van der Waals surface area contributed by atoms with E-state index in [0.29, 0.717) is 29.5 Å². The number of rotatable bonds is 8. The van der Waals surface area contributed by atoms with Crippen molar-refractivity contribution in [1.82, 2.24) is 4.98 Å². The van der Waals surface area contributed by atoms with Crippen LogP contribution in [0, 0.1) is 5.92 Å². The molecule has 5 nitrogen and oxygen atoms in total. The van der Waals surface area contributed by atoms with Crippen LogP contribution in [-0.2, 0) is 6.42 Å². The molecule has 0 bridgehead atoms. The van der Waals surface area contributed by atoms with Gasteiger partial charge in [0.05, 0.1) is 30.7 Å². The van der Waals surface area contributed by atoms with Crippen molar-refractivity contribution in [3.8, 4) is 22.8 Å². The zero-order chi connectivity index (χ0) is 19.2. The van der Waals surface area contributed by atoms with E-state index in [2.05, 4.69) is 6.92 Å². The standard InChI is InChI=1S/C22H27NO4/c1-3-12-27-21-14-16(26-2)8-9-17(21)19-11-10-18(22(24)25)20(23-19)13-15-6-4-5-7-15/h8-11,14-15H,3-7,12-13H2,1-2H3,(H,24,25). The molecule has 144 valence electrons. The molecule has 1 heterocycles. The predicted molar refractivity (Wildman–Crippen MR) is 105 cm³/mol. The molecule has 0 aliphatic heterocycles. The molecule has 1 aromatic heterocycles. The number of benzene rings is 1. The van der Waals surface area contributed by atoms with Crippen molar-refractivity contribution < 1.29 is 19.4 Å². The summed E-state index contributed by atoms with van der Waals surface area (Å²) in [5.41, 5.74) is 2.56. The smallest absolute Gasteiger partial charge is 0.337 e. The Labute approximate surface area is 160 Å². The summed E-state index contributed by atoms with van der Waals surface area (Å²) in [7, 11) is 1.62. The molecule has 1 N–H and O–H groups in total. The van der Waals surface area contributed by atoms with E-state index in [-0.39, 0.29) is 0 Å². The average Bonchev–Trinajstić information content (AvgIpc) is 3.19. The zero-order valence-corrected chi connectivity index (χ0v) is 16.0. The third kappa shape index (κ3) is 4.59. The van der Waals surface area contributed by atoms with Crippen LogP contribution in [0.1, 0.15) is 55.1 Å². The number of carbonyl (C=O) groups is 1. The van der Waals surface area contributed by atoms with Crippen molar-refractivity contribution >= 4 is 5.97 Å². The second kappa shape index (κ2) is 8.89. The monoisotopic (exact) mass is 369 g/mol. The van der Waals surface area contributed by atoms with E-state index < -0.39 is 5.97 Å². The number of pyridine rings is 1. The fraction of sp³-hybridized carbons (Fsp3) is 0.455. The van der Waals surface area contributed by atoms with Gasteiger partial charge in [-0.15, -0.1) is 0 Å². The van der Waals surface area contributed by atoms with E-state index in [1.807, 2.05) is 18.2 Å². The van der Waals surface area contributed by atoms with Crippen molar-refractivity contribution in [3.05, 3.63) is 41.6 Å². The Kier molecular flexibility index (Phi) is 6.32. The van der Waals surface area contributed by atoms with Crippen LogP contribution >= 0.6 is 0 Å². The first kappa shape index (κ1) is 19.2. The van der Waals surface area contributed by atoms with Crippen LogP contribution in [0.15, 0.2) is 30.3 Å². The maximum absolute atomic E-state index is 11.7. The van der Waals surface area contributed by atoms with Crippen LogP contribution in [0.5, 0.6) is 11.5 Å². The van der Waals surface area contributed by atoms with Crippen LogP contribution in [0.25, 0.3) is 11.3 Å². The Morgan fingerprint density at radius 3 is 2.67 bits per heavy atom. The molecule has 1 fully saturated rings. The lowest BCUT2D eigenvalue weighted by molar-refractivity contribution is 0.0695. The van der Waals surface area contributed by atoms with E-state index >= 15 is 0 Å². The molecule has 0 atom stereocenters. The summed E-state index contributed by atoms with van der Waals surface area (Å²) < 4.78 is 11.2. The summed E-state index contributed by atoms with van der Waals surface area (Å²) >= 11 is 0. The van der Waals surface area contributed by atoms with Gasteiger partial charge in [0.2, 0.25) is 0 Å². The van der Waals surface area contributed by atoms with E-state index in [4.69, 9.17) is 14.5 Å². The highest BCUT2D eigenvalue weighted by atomic mass is 16.5. The second-order valence-electron chi connectivity index (χ2n) is 7.06.